The maximum atomic E-state index is 12.8. The van der Waals surface area contributed by atoms with Crippen LogP contribution in [0, 0.1) is 0 Å². The summed E-state index contributed by atoms with van der Waals surface area (Å²) in [4.78, 5) is 48.1. The van der Waals surface area contributed by atoms with Crippen LogP contribution in [0.2, 0.25) is 0 Å². The number of rotatable bonds is 7. The number of aliphatic carboxylic acids is 1. The van der Waals surface area contributed by atoms with Crippen LogP contribution >= 0.6 is 0 Å². The fourth-order valence-electron chi connectivity index (χ4n) is 3.01. The lowest BCUT2D eigenvalue weighted by molar-refractivity contribution is -0.137. The molecular weight excluding hydrogens is 348 g/mol. The van der Waals surface area contributed by atoms with E-state index in [0.29, 0.717) is 24.1 Å². The van der Waals surface area contributed by atoms with Crippen LogP contribution in [0.15, 0.2) is 42.5 Å². The van der Waals surface area contributed by atoms with Crippen molar-refractivity contribution in [3.63, 3.8) is 0 Å². The zero-order valence-electron chi connectivity index (χ0n) is 14.5. The van der Waals surface area contributed by atoms with E-state index >= 15 is 0 Å². The zero-order chi connectivity index (χ0) is 19.4. The van der Waals surface area contributed by atoms with Gasteiger partial charge in [0.25, 0.3) is 0 Å². The predicted molar refractivity (Wildman–Crippen MR) is 98.1 cm³/mol. The van der Waals surface area contributed by atoms with E-state index in [9.17, 15) is 19.2 Å². The molecule has 3 rings (SSSR count). The Morgan fingerprint density at radius 1 is 0.889 bits per heavy atom. The van der Waals surface area contributed by atoms with Gasteiger partial charge in [-0.1, -0.05) is 36.4 Å². The lowest BCUT2D eigenvalue weighted by Crippen LogP contribution is -2.30. The van der Waals surface area contributed by atoms with E-state index in [4.69, 9.17) is 5.11 Å². The fraction of sp³-hybridized carbons (Fsp3) is 0.200. The smallest absolute Gasteiger partial charge is 0.303 e. The lowest BCUT2D eigenvalue weighted by Gasteiger charge is -2.20. The third kappa shape index (κ3) is 3.93. The number of carbonyl (C=O) groups is 4. The number of amides is 1. The van der Waals surface area contributed by atoms with Crippen LogP contribution in [0.25, 0.3) is 0 Å². The van der Waals surface area contributed by atoms with E-state index in [2.05, 4.69) is 10.6 Å². The SMILES string of the molecule is O=C(O)CCCNCC(=O)Nc1cccc2c1C(=O)c1ccccc1C2=O. The first-order chi connectivity index (χ1) is 13.0. The standard InChI is InChI=1S/C20H18N2O5/c23-16(11-21-10-4-9-17(24)25)22-15-8-3-7-14-18(15)20(27)13-6-2-1-5-12(13)19(14)26/h1-3,5-8,21H,4,9-11H2,(H,22,23)(H,24,25). The molecule has 138 valence electrons. The highest BCUT2D eigenvalue weighted by Gasteiger charge is 2.31. The van der Waals surface area contributed by atoms with Gasteiger partial charge < -0.3 is 15.7 Å². The van der Waals surface area contributed by atoms with Crippen LogP contribution in [-0.2, 0) is 9.59 Å². The second-order valence-corrected chi connectivity index (χ2v) is 6.15. The van der Waals surface area contributed by atoms with Crippen molar-refractivity contribution in [3.05, 3.63) is 64.7 Å². The van der Waals surface area contributed by atoms with Crippen LogP contribution in [0.3, 0.4) is 0 Å². The minimum Gasteiger partial charge on any atom is -0.481 e. The average molecular weight is 366 g/mol. The summed E-state index contributed by atoms with van der Waals surface area (Å²) in [6.07, 6.45) is 0.434. The summed E-state index contributed by atoms with van der Waals surface area (Å²) in [6, 6.07) is 11.4. The van der Waals surface area contributed by atoms with Gasteiger partial charge in [0, 0.05) is 23.1 Å². The van der Waals surface area contributed by atoms with Crippen LogP contribution in [0.5, 0.6) is 0 Å². The van der Waals surface area contributed by atoms with Crippen molar-refractivity contribution in [2.75, 3.05) is 18.4 Å². The first-order valence-corrected chi connectivity index (χ1v) is 8.53. The maximum absolute atomic E-state index is 12.8. The summed E-state index contributed by atoms with van der Waals surface area (Å²) in [7, 11) is 0. The van der Waals surface area contributed by atoms with Crippen molar-refractivity contribution in [2.45, 2.75) is 12.8 Å². The average Bonchev–Trinajstić information content (AvgIpc) is 2.65. The Labute approximate surface area is 155 Å². The molecule has 2 aromatic carbocycles. The van der Waals surface area contributed by atoms with Gasteiger partial charge in [-0.25, -0.2) is 0 Å². The second-order valence-electron chi connectivity index (χ2n) is 6.15. The van der Waals surface area contributed by atoms with Gasteiger partial charge in [0.2, 0.25) is 5.91 Å². The van der Waals surface area contributed by atoms with Gasteiger partial charge in [-0.3, -0.25) is 19.2 Å². The van der Waals surface area contributed by atoms with Crippen LogP contribution < -0.4 is 10.6 Å². The van der Waals surface area contributed by atoms with Crippen molar-refractivity contribution in [2.24, 2.45) is 0 Å². The molecule has 3 N–H and O–H groups in total. The van der Waals surface area contributed by atoms with Gasteiger partial charge in [-0.05, 0) is 19.0 Å². The Morgan fingerprint density at radius 2 is 1.56 bits per heavy atom. The first kappa shape index (κ1) is 18.5. The highest BCUT2D eigenvalue weighted by Crippen LogP contribution is 2.31. The highest BCUT2D eigenvalue weighted by atomic mass is 16.4. The van der Waals surface area contributed by atoms with Crippen LogP contribution in [0.1, 0.15) is 44.7 Å². The number of nitrogens with one attached hydrogen (secondary N) is 2. The number of hydrogen-bond acceptors (Lipinski definition) is 5. The van der Waals surface area contributed by atoms with Crippen LogP contribution in [0.4, 0.5) is 5.69 Å². The van der Waals surface area contributed by atoms with E-state index in [1.165, 1.54) is 0 Å². The van der Waals surface area contributed by atoms with Crippen molar-refractivity contribution < 1.29 is 24.3 Å². The number of carboxylic acid groups (broad SMARTS) is 1. The summed E-state index contributed by atoms with van der Waals surface area (Å²) in [6.45, 7) is 0.361. The van der Waals surface area contributed by atoms with Gasteiger partial charge in [0.1, 0.15) is 0 Å². The monoisotopic (exact) mass is 366 g/mol. The highest BCUT2D eigenvalue weighted by molar-refractivity contribution is 6.30. The first-order valence-electron chi connectivity index (χ1n) is 8.53. The molecule has 1 aliphatic carbocycles. The molecule has 0 spiro atoms. The van der Waals surface area contributed by atoms with Crippen LogP contribution in [-0.4, -0.2) is 41.6 Å². The minimum absolute atomic E-state index is 0.0246. The Kier molecular flexibility index (Phi) is 5.42. The molecule has 1 amide bonds. The topological polar surface area (TPSA) is 113 Å². The Morgan fingerprint density at radius 3 is 2.26 bits per heavy atom. The fourth-order valence-corrected chi connectivity index (χ4v) is 3.01. The van der Waals surface area contributed by atoms with E-state index < -0.39 is 5.97 Å². The molecule has 1 aliphatic rings. The van der Waals surface area contributed by atoms with Crippen molar-refractivity contribution in [3.8, 4) is 0 Å². The molecule has 0 heterocycles. The molecule has 7 nitrogen and oxygen atoms in total. The molecule has 0 bridgehead atoms. The van der Waals surface area contributed by atoms with Gasteiger partial charge in [0.15, 0.2) is 11.6 Å². The van der Waals surface area contributed by atoms with E-state index in [1.54, 1.807) is 42.5 Å². The van der Waals surface area contributed by atoms with E-state index in [0.717, 1.165) is 0 Å². The van der Waals surface area contributed by atoms with Gasteiger partial charge in [0.05, 0.1) is 17.8 Å². The number of anilines is 1. The molecule has 7 heteroatoms. The number of hydrogen-bond donors (Lipinski definition) is 3. The lowest BCUT2D eigenvalue weighted by atomic mass is 9.83. The largest absolute Gasteiger partial charge is 0.481 e. The van der Waals surface area contributed by atoms with E-state index in [1.807, 2.05) is 0 Å². The quantitative estimate of drug-likeness (QED) is 0.550. The van der Waals surface area contributed by atoms with Gasteiger partial charge in [-0.2, -0.15) is 0 Å². The summed E-state index contributed by atoms with van der Waals surface area (Å²) in [5.74, 6) is -1.81. The third-order valence-corrected chi connectivity index (χ3v) is 4.26. The number of benzene rings is 2. The number of ketones is 2. The molecule has 2 aromatic rings. The number of carboxylic acids is 1. The molecule has 0 unspecified atom stereocenters. The normalized spacial score (nSPS) is 12.3. The number of fused-ring (bicyclic) bond motifs is 2. The van der Waals surface area contributed by atoms with E-state index in [-0.39, 0.29) is 47.3 Å². The Balaban J connectivity index is 1.73. The zero-order valence-corrected chi connectivity index (χ0v) is 14.5. The molecule has 27 heavy (non-hydrogen) atoms. The van der Waals surface area contributed by atoms with Crippen molar-refractivity contribution in [1.82, 2.24) is 5.32 Å². The van der Waals surface area contributed by atoms with Gasteiger partial charge >= 0.3 is 5.97 Å². The Hall–Kier alpha value is -3.32. The summed E-state index contributed by atoms with van der Waals surface area (Å²) < 4.78 is 0. The molecule has 0 aliphatic heterocycles. The molecule has 0 saturated heterocycles. The third-order valence-electron chi connectivity index (χ3n) is 4.26. The summed E-state index contributed by atoms with van der Waals surface area (Å²) in [5, 5.41) is 14.1. The summed E-state index contributed by atoms with van der Waals surface area (Å²) >= 11 is 0. The molecule has 0 radical (unpaired) electrons. The summed E-state index contributed by atoms with van der Waals surface area (Å²) in [5.41, 5.74) is 1.44. The molecule has 0 atom stereocenters. The molecule has 0 aromatic heterocycles. The van der Waals surface area contributed by atoms with Crippen molar-refractivity contribution in [1.29, 1.82) is 0 Å². The maximum Gasteiger partial charge on any atom is 0.303 e. The predicted octanol–water partition coefficient (Wildman–Crippen LogP) is 1.85. The minimum atomic E-state index is -0.888. The molecular formula is C20H18N2O5. The van der Waals surface area contributed by atoms with Crippen molar-refractivity contribution >= 4 is 29.1 Å². The molecule has 0 fully saturated rings. The number of carbonyl (C=O) groups excluding carboxylic acids is 3. The van der Waals surface area contributed by atoms with Gasteiger partial charge in [-0.15, -0.1) is 0 Å². The Bertz CT molecular complexity index is 936. The molecule has 0 saturated carbocycles. The second kappa shape index (κ2) is 7.92.